The van der Waals surface area contributed by atoms with Crippen LogP contribution in [0.15, 0.2) is 58.5 Å². The number of fused-ring (bicyclic) bond motifs is 2. The van der Waals surface area contributed by atoms with Crippen LogP contribution in [0.4, 0.5) is 5.82 Å². The Bertz CT molecular complexity index is 922. The summed E-state index contributed by atoms with van der Waals surface area (Å²) in [5.74, 6) is 0.902. The first-order chi connectivity index (χ1) is 13.3. The smallest absolute Gasteiger partial charge is 0.130 e. The monoisotopic (exact) mass is 382 g/mol. The Hall–Kier alpha value is -2.02. The summed E-state index contributed by atoms with van der Waals surface area (Å²) in [6, 6.07) is 9.90. The largest absolute Gasteiger partial charge is 0.352 e. The van der Waals surface area contributed by atoms with E-state index in [9.17, 15) is 4.21 Å². The van der Waals surface area contributed by atoms with Crippen LogP contribution < -0.4 is 15.4 Å². The Kier molecular flexibility index (Phi) is 5.66. The molecule has 1 aromatic carbocycles. The van der Waals surface area contributed by atoms with Gasteiger partial charge in [-0.3, -0.25) is 0 Å². The number of para-hydroxylation sites is 1. The Morgan fingerprint density at radius 2 is 2.00 bits per heavy atom. The second-order valence-corrected chi connectivity index (χ2v) is 8.27. The van der Waals surface area contributed by atoms with Gasteiger partial charge in [-0.25, -0.2) is 13.9 Å². The molecule has 2 aromatic rings. The number of nitrogens with zero attached hydrogens (tertiary/aromatic N) is 2. The van der Waals surface area contributed by atoms with Crippen molar-refractivity contribution in [2.24, 2.45) is 5.73 Å². The number of nitrogens with two attached hydrogens (primary N) is 1. The summed E-state index contributed by atoms with van der Waals surface area (Å²) in [5, 5.41) is 0.927. The van der Waals surface area contributed by atoms with Gasteiger partial charge in [-0.1, -0.05) is 30.4 Å². The van der Waals surface area contributed by atoms with Gasteiger partial charge in [0.1, 0.15) is 16.8 Å². The van der Waals surface area contributed by atoms with E-state index in [1.165, 1.54) is 11.1 Å². The second-order valence-electron chi connectivity index (χ2n) is 7.01. The summed E-state index contributed by atoms with van der Waals surface area (Å²) in [5.41, 5.74) is 9.37. The number of rotatable bonds is 5. The third-order valence-corrected chi connectivity index (χ3v) is 6.37. The third kappa shape index (κ3) is 3.98. The van der Waals surface area contributed by atoms with E-state index < -0.39 is 11.0 Å². The quantitative estimate of drug-likeness (QED) is 0.834. The van der Waals surface area contributed by atoms with E-state index in [-0.39, 0.29) is 0 Å². The molecule has 1 saturated heterocycles. The molecule has 0 saturated carbocycles. The van der Waals surface area contributed by atoms with Crippen LogP contribution in [-0.4, -0.2) is 35.4 Å². The molecule has 0 spiro atoms. The molecule has 3 N–H and O–H groups in total. The van der Waals surface area contributed by atoms with Gasteiger partial charge in [0, 0.05) is 31.6 Å². The van der Waals surface area contributed by atoms with Crippen molar-refractivity contribution in [3.8, 4) is 0 Å². The highest BCUT2D eigenvalue weighted by Crippen LogP contribution is 2.31. The Balaban J connectivity index is 1.72. The fourth-order valence-electron chi connectivity index (χ4n) is 3.82. The maximum Gasteiger partial charge on any atom is 0.130 e. The molecule has 142 valence electrons. The highest BCUT2D eigenvalue weighted by Gasteiger charge is 2.21. The van der Waals surface area contributed by atoms with Crippen molar-refractivity contribution >= 4 is 27.7 Å². The molecule has 4 rings (SSSR count). The van der Waals surface area contributed by atoms with Gasteiger partial charge in [0.2, 0.25) is 0 Å². The summed E-state index contributed by atoms with van der Waals surface area (Å²) in [6.45, 7) is 2.81. The zero-order valence-corrected chi connectivity index (χ0v) is 16.3. The molecule has 27 heavy (non-hydrogen) atoms. The number of allylic oxidation sites excluding steroid dienone is 2. The molecule has 1 fully saturated rings. The van der Waals surface area contributed by atoms with Crippen LogP contribution in [-0.2, 0) is 11.0 Å². The van der Waals surface area contributed by atoms with E-state index >= 15 is 0 Å². The number of anilines is 1. The van der Waals surface area contributed by atoms with Crippen LogP contribution in [0.3, 0.4) is 0 Å². The summed E-state index contributed by atoms with van der Waals surface area (Å²) in [7, 11) is -1.31. The molecule has 0 radical (unpaired) electrons. The van der Waals surface area contributed by atoms with Crippen LogP contribution in [0.25, 0.3) is 10.9 Å². The van der Waals surface area contributed by atoms with Crippen LogP contribution in [0.1, 0.15) is 25.7 Å². The summed E-state index contributed by atoms with van der Waals surface area (Å²) >= 11 is 0. The first kappa shape index (κ1) is 18.3. The highest BCUT2D eigenvalue weighted by molar-refractivity contribution is 7.83. The lowest BCUT2D eigenvalue weighted by molar-refractivity contribution is 0.672. The van der Waals surface area contributed by atoms with Crippen molar-refractivity contribution in [2.45, 2.75) is 30.6 Å². The van der Waals surface area contributed by atoms with Crippen molar-refractivity contribution in [2.75, 3.05) is 31.1 Å². The number of nitrogens with one attached hydrogen (secondary N) is 1. The third-order valence-electron chi connectivity index (χ3n) is 5.16. The van der Waals surface area contributed by atoms with E-state index in [1.807, 2.05) is 30.3 Å². The normalized spacial score (nSPS) is 18.5. The molecular formula is C21H26N4OS. The van der Waals surface area contributed by atoms with E-state index in [4.69, 9.17) is 10.7 Å². The van der Waals surface area contributed by atoms with Gasteiger partial charge in [-0.15, -0.1) is 0 Å². The number of aromatic nitrogens is 1. The molecule has 1 aliphatic heterocycles. The van der Waals surface area contributed by atoms with Crippen molar-refractivity contribution in [3.63, 3.8) is 0 Å². The lowest BCUT2D eigenvalue weighted by Gasteiger charge is -2.24. The Labute approximate surface area is 162 Å². The van der Waals surface area contributed by atoms with Gasteiger partial charge in [0.15, 0.2) is 0 Å². The van der Waals surface area contributed by atoms with Crippen LogP contribution >= 0.6 is 0 Å². The molecule has 1 atom stereocenters. The lowest BCUT2D eigenvalue weighted by atomic mass is 9.95. The Morgan fingerprint density at radius 3 is 2.85 bits per heavy atom. The minimum atomic E-state index is -1.31. The van der Waals surface area contributed by atoms with E-state index in [1.54, 1.807) is 0 Å². The van der Waals surface area contributed by atoms with E-state index in [0.29, 0.717) is 13.1 Å². The van der Waals surface area contributed by atoms with Crippen molar-refractivity contribution in [1.29, 1.82) is 0 Å². The first-order valence-electron chi connectivity index (χ1n) is 9.65. The first-order valence-corrected chi connectivity index (χ1v) is 10.8. The molecule has 5 nitrogen and oxygen atoms in total. The number of benzene rings is 1. The summed E-state index contributed by atoms with van der Waals surface area (Å²) < 4.78 is 15.8. The van der Waals surface area contributed by atoms with Crippen molar-refractivity contribution in [3.05, 3.63) is 53.6 Å². The predicted octanol–water partition coefficient (Wildman–Crippen LogP) is 3.05. The second kappa shape index (κ2) is 8.33. The average molecular weight is 383 g/mol. The molecule has 1 aliphatic carbocycles. The van der Waals surface area contributed by atoms with Crippen molar-refractivity contribution in [1.82, 2.24) is 9.71 Å². The zero-order valence-electron chi connectivity index (χ0n) is 15.5. The molecule has 6 heteroatoms. The molecule has 1 unspecified atom stereocenters. The highest BCUT2D eigenvalue weighted by atomic mass is 32.2. The molecular weight excluding hydrogens is 356 g/mol. The molecule has 0 bridgehead atoms. The lowest BCUT2D eigenvalue weighted by Crippen LogP contribution is -2.27. The fourth-order valence-corrected chi connectivity index (χ4v) is 4.87. The van der Waals surface area contributed by atoms with Gasteiger partial charge in [0.05, 0.1) is 10.4 Å². The van der Waals surface area contributed by atoms with Gasteiger partial charge in [-0.05, 0) is 49.0 Å². The Morgan fingerprint density at radius 1 is 1.19 bits per heavy atom. The minimum Gasteiger partial charge on any atom is -0.352 e. The van der Waals surface area contributed by atoms with Crippen molar-refractivity contribution < 1.29 is 4.21 Å². The van der Waals surface area contributed by atoms with Gasteiger partial charge >= 0.3 is 0 Å². The fraction of sp³-hybridized carbons (Fsp3) is 0.381. The topological polar surface area (TPSA) is 71.2 Å². The van der Waals surface area contributed by atoms with Crippen LogP contribution in [0, 0.1) is 0 Å². The SMILES string of the molecule is NCCNS(=O)c1cc(N2CCCC3=CCCC=C3C2)nc2ccccc12. The number of hydrogen-bond donors (Lipinski definition) is 2. The average Bonchev–Trinajstić information content (AvgIpc) is 2.93. The molecule has 1 aromatic heterocycles. The minimum absolute atomic E-state index is 0.455. The van der Waals surface area contributed by atoms with Crippen LogP contribution in [0.5, 0.6) is 0 Å². The zero-order chi connectivity index (χ0) is 18.6. The van der Waals surface area contributed by atoms with E-state index in [0.717, 1.165) is 60.4 Å². The number of pyridine rings is 1. The van der Waals surface area contributed by atoms with Gasteiger partial charge in [0.25, 0.3) is 0 Å². The molecule has 2 heterocycles. The standard InChI is InChI=1S/C21H26N4OS/c22-11-12-23-27(26)20-14-21(24-19-10-4-3-9-18(19)20)25-13-5-8-16-6-1-2-7-17(16)15-25/h3-4,6-7,9-10,14,23H,1-2,5,8,11-13,15,22H2. The van der Waals surface area contributed by atoms with E-state index in [2.05, 4.69) is 21.8 Å². The number of hydrogen-bond acceptors (Lipinski definition) is 4. The van der Waals surface area contributed by atoms with Gasteiger partial charge < -0.3 is 10.6 Å². The maximum absolute atomic E-state index is 12.8. The predicted molar refractivity (Wildman–Crippen MR) is 112 cm³/mol. The summed E-state index contributed by atoms with van der Waals surface area (Å²) in [6.07, 6.45) is 9.29. The van der Waals surface area contributed by atoms with Gasteiger partial charge in [-0.2, -0.15) is 0 Å². The summed E-state index contributed by atoms with van der Waals surface area (Å²) in [4.78, 5) is 8.00. The molecule has 0 amide bonds. The van der Waals surface area contributed by atoms with Crippen LogP contribution in [0.2, 0.25) is 0 Å². The molecule has 2 aliphatic rings. The maximum atomic E-state index is 12.8.